The molecular weight excluding hydrogens is 290 g/mol. The molecular formula is C15H18ClN3O2. The predicted octanol–water partition coefficient (Wildman–Crippen LogP) is 3.29. The number of ether oxygens (including phenoxy) is 1. The van der Waals surface area contributed by atoms with Gasteiger partial charge < -0.3 is 14.6 Å². The molecule has 1 aromatic heterocycles. The van der Waals surface area contributed by atoms with Crippen LogP contribution in [0.2, 0.25) is 5.02 Å². The van der Waals surface area contributed by atoms with Gasteiger partial charge in [0.25, 0.3) is 5.89 Å². The van der Waals surface area contributed by atoms with Crippen LogP contribution in [0.25, 0.3) is 0 Å². The zero-order valence-corrected chi connectivity index (χ0v) is 12.7. The van der Waals surface area contributed by atoms with Gasteiger partial charge in [-0.05, 0) is 31.5 Å². The Kier molecular flexibility index (Phi) is 4.41. The van der Waals surface area contributed by atoms with Gasteiger partial charge in [0.15, 0.2) is 12.4 Å². The lowest BCUT2D eigenvalue weighted by Crippen LogP contribution is -2.13. The number of hydrogen-bond donors (Lipinski definition) is 1. The van der Waals surface area contributed by atoms with E-state index in [1.165, 1.54) is 0 Å². The molecule has 1 heterocycles. The first-order valence-electron chi connectivity index (χ1n) is 7.21. The molecule has 5 nitrogen and oxygen atoms in total. The molecule has 0 radical (unpaired) electrons. The maximum Gasteiger partial charge on any atom is 0.264 e. The van der Waals surface area contributed by atoms with E-state index in [0.29, 0.717) is 23.4 Å². The van der Waals surface area contributed by atoms with Crippen LogP contribution in [0, 0.1) is 0 Å². The average Bonchev–Trinajstić information content (AvgIpc) is 3.23. The highest BCUT2D eigenvalue weighted by Crippen LogP contribution is 2.38. The third kappa shape index (κ3) is 3.54. The van der Waals surface area contributed by atoms with Crippen molar-refractivity contribution in [3.8, 4) is 5.75 Å². The largest absolute Gasteiger partial charge is 0.483 e. The lowest BCUT2D eigenvalue weighted by molar-refractivity contribution is 0.240. The summed E-state index contributed by atoms with van der Waals surface area (Å²) in [5.41, 5.74) is 0.947. The predicted molar refractivity (Wildman–Crippen MR) is 79.4 cm³/mol. The number of nitrogens with zero attached hydrogens (tertiary/aromatic N) is 2. The highest BCUT2D eigenvalue weighted by molar-refractivity contribution is 6.31. The molecule has 1 N–H and O–H groups in total. The van der Waals surface area contributed by atoms with Crippen LogP contribution in [-0.4, -0.2) is 16.7 Å². The van der Waals surface area contributed by atoms with Crippen molar-refractivity contribution in [1.82, 2.24) is 15.5 Å². The number of aromatic nitrogens is 2. The van der Waals surface area contributed by atoms with Gasteiger partial charge in [0.1, 0.15) is 5.75 Å². The molecule has 2 aromatic rings. The molecule has 112 valence electrons. The van der Waals surface area contributed by atoms with Gasteiger partial charge in [-0.2, -0.15) is 4.98 Å². The maximum atomic E-state index is 6.23. The Bertz CT molecular complexity index is 611. The van der Waals surface area contributed by atoms with E-state index in [1.807, 2.05) is 18.2 Å². The Morgan fingerprint density at radius 2 is 2.29 bits per heavy atom. The molecule has 0 amide bonds. The zero-order chi connectivity index (χ0) is 14.7. The fourth-order valence-corrected chi connectivity index (χ4v) is 2.30. The van der Waals surface area contributed by atoms with Gasteiger partial charge in [0.05, 0.1) is 0 Å². The Morgan fingerprint density at radius 3 is 3.05 bits per heavy atom. The van der Waals surface area contributed by atoms with Gasteiger partial charge in [-0.15, -0.1) is 0 Å². The van der Waals surface area contributed by atoms with Gasteiger partial charge in [-0.3, -0.25) is 0 Å². The summed E-state index contributed by atoms with van der Waals surface area (Å²) in [7, 11) is 0. The van der Waals surface area contributed by atoms with E-state index in [4.69, 9.17) is 20.9 Å². The van der Waals surface area contributed by atoms with E-state index in [0.717, 1.165) is 36.5 Å². The third-order valence-electron chi connectivity index (χ3n) is 3.41. The molecule has 0 atom stereocenters. The van der Waals surface area contributed by atoms with Crippen molar-refractivity contribution in [3.63, 3.8) is 0 Å². The van der Waals surface area contributed by atoms with Crippen molar-refractivity contribution in [2.45, 2.75) is 38.8 Å². The van der Waals surface area contributed by atoms with Crippen LogP contribution in [0.3, 0.4) is 0 Å². The molecule has 6 heteroatoms. The SMILES string of the molecule is CCNCc1c(Cl)cccc1OCc1nc(C2CC2)no1. The lowest BCUT2D eigenvalue weighted by Gasteiger charge is -2.12. The molecule has 0 unspecified atom stereocenters. The first-order chi connectivity index (χ1) is 10.3. The molecule has 0 saturated heterocycles. The summed E-state index contributed by atoms with van der Waals surface area (Å²) in [6.07, 6.45) is 2.31. The lowest BCUT2D eigenvalue weighted by atomic mass is 10.2. The summed E-state index contributed by atoms with van der Waals surface area (Å²) in [6.45, 7) is 3.86. The Hall–Kier alpha value is -1.59. The summed E-state index contributed by atoms with van der Waals surface area (Å²) in [5.74, 6) is 2.53. The first kappa shape index (κ1) is 14.4. The van der Waals surface area contributed by atoms with E-state index in [-0.39, 0.29) is 6.61 Å². The van der Waals surface area contributed by atoms with Crippen LogP contribution in [0.4, 0.5) is 0 Å². The topological polar surface area (TPSA) is 60.2 Å². The molecule has 0 bridgehead atoms. The first-order valence-corrected chi connectivity index (χ1v) is 7.59. The summed E-state index contributed by atoms with van der Waals surface area (Å²) in [4.78, 5) is 4.35. The third-order valence-corrected chi connectivity index (χ3v) is 3.76. The van der Waals surface area contributed by atoms with Gasteiger partial charge in [-0.1, -0.05) is 29.7 Å². The Balaban J connectivity index is 1.67. The fourth-order valence-electron chi connectivity index (χ4n) is 2.07. The number of halogens is 1. The van der Waals surface area contributed by atoms with Gasteiger partial charge in [-0.25, -0.2) is 0 Å². The molecule has 0 spiro atoms. The van der Waals surface area contributed by atoms with E-state index in [1.54, 1.807) is 0 Å². The minimum Gasteiger partial charge on any atom is -0.483 e. The van der Waals surface area contributed by atoms with Crippen LogP contribution in [0.5, 0.6) is 5.75 Å². The standard InChI is InChI=1S/C15H18ClN3O2/c1-2-17-8-11-12(16)4-3-5-13(11)20-9-14-18-15(19-21-14)10-6-7-10/h3-5,10,17H,2,6-9H2,1H3. The second-order valence-electron chi connectivity index (χ2n) is 5.11. The van der Waals surface area contributed by atoms with Crippen molar-refractivity contribution in [3.05, 3.63) is 40.5 Å². The van der Waals surface area contributed by atoms with Gasteiger partial charge >= 0.3 is 0 Å². The summed E-state index contributed by atoms with van der Waals surface area (Å²) >= 11 is 6.23. The summed E-state index contributed by atoms with van der Waals surface area (Å²) in [6, 6.07) is 5.63. The maximum absolute atomic E-state index is 6.23. The van der Waals surface area contributed by atoms with E-state index in [2.05, 4.69) is 22.4 Å². The molecule has 0 aliphatic heterocycles. The minimum absolute atomic E-state index is 0.263. The summed E-state index contributed by atoms with van der Waals surface area (Å²) < 4.78 is 11.0. The quantitative estimate of drug-likeness (QED) is 0.850. The van der Waals surface area contributed by atoms with Crippen LogP contribution >= 0.6 is 11.6 Å². The van der Waals surface area contributed by atoms with E-state index < -0.39 is 0 Å². The van der Waals surface area contributed by atoms with Crippen LogP contribution in [-0.2, 0) is 13.2 Å². The zero-order valence-electron chi connectivity index (χ0n) is 11.9. The highest BCUT2D eigenvalue weighted by Gasteiger charge is 2.28. The minimum atomic E-state index is 0.263. The van der Waals surface area contributed by atoms with Gasteiger partial charge in [0, 0.05) is 23.0 Å². The smallest absolute Gasteiger partial charge is 0.264 e. The molecule has 1 saturated carbocycles. The Labute approximate surface area is 128 Å². The molecule has 21 heavy (non-hydrogen) atoms. The molecule has 1 aliphatic rings. The van der Waals surface area contributed by atoms with Crippen LogP contribution < -0.4 is 10.1 Å². The fraction of sp³-hybridized carbons (Fsp3) is 0.467. The van der Waals surface area contributed by atoms with Crippen molar-refractivity contribution in [2.24, 2.45) is 0 Å². The number of rotatable bonds is 7. The monoisotopic (exact) mass is 307 g/mol. The number of nitrogens with one attached hydrogen (secondary N) is 1. The number of benzene rings is 1. The highest BCUT2D eigenvalue weighted by atomic mass is 35.5. The van der Waals surface area contributed by atoms with Crippen LogP contribution in [0.15, 0.2) is 22.7 Å². The van der Waals surface area contributed by atoms with Crippen molar-refractivity contribution in [2.75, 3.05) is 6.54 Å². The summed E-state index contributed by atoms with van der Waals surface area (Å²) in [5, 5.41) is 7.92. The van der Waals surface area contributed by atoms with E-state index >= 15 is 0 Å². The normalized spacial score (nSPS) is 14.4. The van der Waals surface area contributed by atoms with Crippen molar-refractivity contribution >= 4 is 11.6 Å². The molecule has 1 aliphatic carbocycles. The van der Waals surface area contributed by atoms with Crippen LogP contribution in [0.1, 0.15) is 43.0 Å². The molecule has 1 fully saturated rings. The molecule has 1 aromatic carbocycles. The van der Waals surface area contributed by atoms with E-state index in [9.17, 15) is 0 Å². The van der Waals surface area contributed by atoms with Crippen molar-refractivity contribution < 1.29 is 9.26 Å². The second-order valence-corrected chi connectivity index (χ2v) is 5.51. The average molecular weight is 308 g/mol. The van der Waals surface area contributed by atoms with Crippen molar-refractivity contribution in [1.29, 1.82) is 0 Å². The molecule has 3 rings (SSSR count). The van der Waals surface area contributed by atoms with Gasteiger partial charge in [0.2, 0.25) is 0 Å². The number of hydrogen-bond acceptors (Lipinski definition) is 5. The second kappa shape index (κ2) is 6.45. The Morgan fingerprint density at radius 1 is 1.43 bits per heavy atom.